The normalized spacial score (nSPS) is 22.4. The zero-order valence-corrected chi connectivity index (χ0v) is 9.90. The fourth-order valence-electron chi connectivity index (χ4n) is 2.41. The monoisotopic (exact) mass is 237 g/mol. The minimum Gasteiger partial charge on any atom is -0.492 e. The van der Waals surface area contributed by atoms with Gasteiger partial charge in [0.15, 0.2) is 11.5 Å². The summed E-state index contributed by atoms with van der Waals surface area (Å²) < 4.78 is 16.1. The van der Waals surface area contributed by atoms with Crippen molar-refractivity contribution >= 4 is 0 Å². The molecule has 1 atom stereocenters. The molecule has 1 aromatic rings. The van der Waals surface area contributed by atoms with Crippen molar-refractivity contribution in [2.75, 3.05) is 27.5 Å². The van der Waals surface area contributed by atoms with Gasteiger partial charge in [0.1, 0.15) is 6.23 Å². The van der Waals surface area contributed by atoms with E-state index in [9.17, 15) is 5.11 Å². The van der Waals surface area contributed by atoms with Crippen LogP contribution < -0.4 is 14.2 Å². The number of nitrogens with zero attached hydrogens (tertiary/aromatic N) is 1. The van der Waals surface area contributed by atoms with E-state index in [1.165, 1.54) is 0 Å². The van der Waals surface area contributed by atoms with Crippen LogP contribution in [0.3, 0.4) is 0 Å². The molecule has 5 nitrogen and oxygen atoms in total. The second-order valence-corrected chi connectivity index (χ2v) is 4.32. The molecular formula is C12H15NO4. The van der Waals surface area contributed by atoms with Crippen molar-refractivity contribution in [2.24, 2.45) is 0 Å². The van der Waals surface area contributed by atoms with E-state index in [4.69, 9.17) is 14.2 Å². The Balaban J connectivity index is 2.20. The summed E-state index contributed by atoms with van der Waals surface area (Å²) in [5, 5.41) is 10.2. The third-order valence-corrected chi connectivity index (χ3v) is 3.36. The van der Waals surface area contributed by atoms with Crippen LogP contribution in [0.2, 0.25) is 0 Å². The van der Waals surface area contributed by atoms with Crippen molar-refractivity contribution < 1.29 is 19.3 Å². The Morgan fingerprint density at radius 2 is 2.29 bits per heavy atom. The molecule has 0 amide bonds. The molecule has 2 aliphatic rings. The van der Waals surface area contributed by atoms with Crippen LogP contribution in [-0.2, 0) is 6.42 Å². The van der Waals surface area contributed by atoms with Gasteiger partial charge in [0, 0.05) is 12.1 Å². The number of likely N-dealkylation sites (N-methyl/N-ethyl adjacent to an activating group) is 1. The van der Waals surface area contributed by atoms with Gasteiger partial charge in [-0.05, 0) is 25.1 Å². The van der Waals surface area contributed by atoms with Crippen LogP contribution in [-0.4, -0.2) is 37.5 Å². The summed E-state index contributed by atoms with van der Waals surface area (Å²) in [6.45, 7) is 1.03. The molecule has 0 aromatic heterocycles. The molecular weight excluding hydrogens is 222 g/mol. The fourth-order valence-corrected chi connectivity index (χ4v) is 2.41. The predicted octanol–water partition coefficient (Wildman–Crippen LogP) is 0.903. The number of hydrogen-bond acceptors (Lipinski definition) is 5. The van der Waals surface area contributed by atoms with Gasteiger partial charge in [-0.15, -0.1) is 0 Å². The van der Waals surface area contributed by atoms with Crippen LogP contribution in [0.1, 0.15) is 17.4 Å². The Morgan fingerprint density at radius 1 is 1.47 bits per heavy atom. The lowest BCUT2D eigenvalue weighted by Crippen LogP contribution is -2.32. The fraction of sp³-hybridized carbons (Fsp3) is 0.500. The molecule has 0 fully saturated rings. The number of ether oxygens (including phenoxy) is 3. The highest BCUT2D eigenvalue weighted by molar-refractivity contribution is 5.61. The molecule has 0 radical (unpaired) electrons. The standard InChI is InChI=1S/C12H15NO4/c1-13-4-3-7-5-8-10(17-6-16-8)11(15-2)9(7)12(13)14/h5,12,14H,3-4,6H2,1-2H3/t12-/m1/s1. The number of benzene rings is 1. The Bertz CT molecular complexity index is 460. The number of aliphatic hydroxyl groups is 1. The van der Waals surface area contributed by atoms with E-state index in [1.54, 1.807) is 7.11 Å². The summed E-state index contributed by atoms with van der Waals surface area (Å²) in [7, 11) is 3.47. The van der Waals surface area contributed by atoms with Crippen LogP contribution in [0, 0.1) is 0 Å². The van der Waals surface area contributed by atoms with E-state index >= 15 is 0 Å². The molecule has 0 unspecified atom stereocenters. The van der Waals surface area contributed by atoms with Gasteiger partial charge in [-0.25, -0.2) is 0 Å². The van der Waals surface area contributed by atoms with Gasteiger partial charge in [0.05, 0.1) is 7.11 Å². The Morgan fingerprint density at radius 3 is 3.06 bits per heavy atom. The summed E-state index contributed by atoms with van der Waals surface area (Å²) in [6, 6.07) is 1.94. The molecule has 3 rings (SSSR count). The summed E-state index contributed by atoms with van der Waals surface area (Å²) in [5.74, 6) is 1.90. The summed E-state index contributed by atoms with van der Waals surface area (Å²) in [5.41, 5.74) is 1.86. The maximum atomic E-state index is 10.2. The maximum Gasteiger partial charge on any atom is 0.231 e. The van der Waals surface area contributed by atoms with Gasteiger partial charge in [0.25, 0.3) is 0 Å². The SMILES string of the molecule is COc1c2c(cc3c1[C@@H](O)N(C)CC3)OCO2. The molecule has 0 saturated carbocycles. The highest BCUT2D eigenvalue weighted by Gasteiger charge is 2.32. The van der Waals surface area contributed by atoms with Crippen molar-refractivity contribution in [3.05, 3.63) is 17.2 Å². The molecule has 5 heteroatoms. The lowest BCUT2D eigenvalue weighted by atomic mass is 9.96. The van der Waals surface area contributed by atoms with Crippen molar-refractivity contribution in [1.82, 2.24) is 4.90 Å². The van der Waals surface area contributed by atoms with Crippen molar-refractivity contribution in [1.29, 1.82) is 0 Å². The molecule has 92 valence electrons. The van der Waals surface area contributed by atoms with E-state index in [2.05, 4.69) is 0 Å². The van der Waals surface area contributed by atoms with Crippen LogP contribution in [0.25, 0.3) is 0 Å². The largest absolute Gasteiger partial charge is 0.492 e. The second kappa shape index (κ2) is 3.78. The smallest absolute Gasteiger partial charge is 0.231 e. The average Bonchev–Trinajstić information content (AvgIpc) is 2.79. The van der Waals surface area contributed by atoms with Gasteiger partial charge in [-0.2, -0.15) is 0 Å². The predicted molar refractivity (Wildman–Crippen MR) is 60.4 cm³/mol. The number of hydrogen-bond donors (Lipinski definition) is 1. The van der Waals surface area contributed by atoms with E-state index in [-0.39, 0.29) is 6.79 Å². The van der Waals surface area contributed by atoms with Crippen LogP contribution in [0.4, 0.5) is 0 Å². The first kappa shape index (κ1) is 10.7. The topological polar surface area (TPSA) is 51.2 Å². The first-order valence-corrected chi connectivity index (χ1v) is 5.60. The first-order valence-electron chi connectivity index (χ1n) is 5.60. The van der Waals surface area contributed by atoms with E-state index < -0.39 is 6.23 Å². The lowest BCUT2D eigenvalue weighted by Gasteiger charge is -2.32. The average molecular weight is 237 g/mol. The zero-order valence-electron chi connectivity index (χ0n) is 9.90. The minimum absolute atomic E-state index is 0.209. The Kier molecular flexibility index (Phi) is 2.38. The van der Waals surface area contributed by atoms with E-state index in [1.807, 2.05) is 18.0 Å². The maximum absolute atomic E-state index is 10.2. The number of aliphatic hydroxyl groups excluding tert-OH is 1. The third kappa shape index (κ3) is 1.46. The molecule has 2 aliphatic heterocycles. The van der Waals surface area contributed by atoms with Gasteiger partial charge in [-0.1, -0.05) is 0 Å². The zero-order chi connectivity index (χ0) is 12.0. The number of fused-ring (bicyclic) bond motifs is 2. The van der Waals surface area contributed by atoms with E-state index in [0.29, 0.717) is 17.2 Å². The molecule has 1 N–H and O–H groups in total. The summed E-state index contributed by atoms with van der Waals surface area (Å²) >= 11 is 0. The van der Waals surface area contributed by atoms with Crippen LogP contribution in [0.15, 0.2) is 6.07 Å². The van der Waals surface area contributed by atoms with Gasteiger partial charge in [0.2, 0.25) is 12.5 Å². The van der Waals surface area contributed by atoms with E-state index in [0.717, 1.165) is 24.1 Å². The van der Waals surface area contributed by atoms with Crippen molar-refractivity contribution in [3.8, 4) is 17.2 Å². The Labute approximate surface area is 99.5 Å². The van der Waals surface area contributed by atoms with Gasteiger partial charge < -0.3 is 19.3 Å². The summed E-state index contributed by atoms with van der Waals surface area (Å²) in [6.07, 6.45) is 0.221. The van der Waals surface area contributed by atoms with Crippen LogP contribution in [0.5, 0.6) is 17.2 Å². The second-order valence-electron chi connectivity index (χ2n) is 4.32. The molecule has 0 bridgehead atoms. The van der Waals surface area contributed by atoms with Gasteiger partial charge >= 0.3 is 0 Å². The Hall–Kier alpha value is -1.46. The first-order chi connectivity index (χ1) is 8.22. The van der Waals surface area contributed by atoms with Crippen LogP contribution >= 0.6 is 0 Å². The van der Waals surface area contributed by atoms with Crippen molar-refractivity contribution in [2.45, 2.75) is 12.6 Å². The molecule has 0 spiro atoms. The molecule has 2 heterocycles. The van der Waals surface area contributed by atoms with Gasteiger partial charge in [-0.3, -0.25) is 4.90 Å². The highest BCUT2D eigenvalue weighted by atomic mass is 16.7. The third-order valence-electron chi connectivity index (χ3n) is 3.36. The minimum atomic E-state index is -0.650. The highest BCUT2D eigenvalue weighted by Crippen LogP contribution is 2.48. The quantitative estimate of drug-likeness (QED) is 0.786. The number of methoxy groups -OCH3 is 1. The lowest BCUT2D eigenvalue weighted by molar-refractivity contribution is 0.0106. The van der Waals surface area contributed by atoms with Crippen molar-refractivity contribution in [3.63, 3.8) is 0 Å². The molecule has 0 saturated heterocycles. The molecule has 1 aromatic carbocycles. The number of rotatable bonds is 1. The summed E-state index contributed by atoms with van der Waals surface area (Å²) in [4.78, 5) is 1.88. The molecule has 17 heavy (non-hydrogen) atoms. The molecule has 0 aliphatic carbocycles.